The van der Waals surface area contributed by atoms with Crippen LogP contribution >= 0.6 is 45.8 Å². The minimum atomic E-state index is 0.212. The van der Waals surface area contributed by atoms with E-state index in [1.165, 1.54) is 6.33 Å². The number of rotatable bonds is 2. The zero-order chi connectivity index (χ0) is 12.4. The molecular weight excluding hydrogens is 374 g/mol. The third kappa shape index (κ3) is 2.91. The average molecular weight is 381 g/mol. The topological polar surface area (TPSA) is 63.8 Å². The predicted molar refractivity (Wildman–Crippen MR) is 78.9 cm³/mol. The quantitative estimate of drug-likeness (QED) is 0.615. The van der Waals surface area contributed by atoms with Crippen molar-refractivity contribution in [3.8, 4) is 0 Å². The van der Waals surface area contributed by atoms with Gasteiger partial charge < -0.3 is 11.1 Å². The molecule has 0 spiro atoms. The minimum absolute atomic E-state index is 0.212. The van der Waals surface area contributed by atoms with Gasteiger partial charge >= 0.3 is 0 Å². The van der Waals surface area contributed by atoms with Crippen LogP contribution in [0.4, 0.5) is 17.2 Å². The second kappa shape index (κ2) is 5.24. The lowest BCUT2D eigenvalue weighted by molar-refractivity contribution is 1.17. The lowest BCUT2D eigenvalue weighted by Gasteiger charge is -2.10. The van der Waals surface area contributed by atoms with Crippen LogP contribution in [0, 0.1) is 3.57 Å². The molecule has 88 valence electrons. The minimum Gasteiger partial charge on any atom is -0.393 e. The molecule has 0 amide bonds. The number of nitrogen functional groups attached to an aromatic ring is 1. The second-order valence-corrected chi connectivity index (χ2v) is 5.19. The van der Waals surface area contributed by atoms with Gasteiger partial charge in [-0.1, -0.05) is 23.2 Å². The predicted octanol–water partition coefficient (Wildman–Crippen LogP) is 3.71. The SMILES string of the molecule is Nc1c(Cl)ncnc1Nc1ccc(I)cc1Cl. The molecule has 0 bridgehead atoms. The smallest absolute Gasteiger partial charge is 0.158 e. The van der Waals surface area contributed by atoms with Crippen LogP contribution in [0.2, 0.25) is 10.2 Å². The number of nitrogens with zero attached hydrogens (tertiary/aromatic N) is 2. The molecule has 0 aliphatic rings. The molecule has 0 atom stereocenters. The molecule has 4 nitrogen and oxygen atoms in total. The summed E-state index contributed by atoms with van der Waals surface area (Å²) in [5.74, 6) is 0.438. The van der Waals surface area contributed by atoms with Gasteiger partial charge in [-0.2, -0.15) is 0 Å². The lowest BCUT2D eigenvalue weighted by atomic mass is 10.3. The van der Waals surface area contributed by atoms with Crippen molar-refractivity contribution in [2.45, 2.75) is 0 Å². The van der Waals surface area contributed by atoms with Gasteiger partial charge in [-0.15, -0.1) is 0 Å². The van der Waals surface area contributed by atoms with Gasteiger partial charge in [-0.3, -0.25) is 0 Å². The highest BCUT2D eigenvalue weighted by atomic mass is 127. The van der Waals surface area contributed by atoms with Gasteiger partial charge in [-0.25, -0.2) is 9.97 Å². The van der Waals surface area contributed by atoms with Crippen LogP contribution in [0.1, 0.15) is 0 Å². The number of nitrogens with one attached hydrogen (secondary N) is 1. The van der Waals surface area contributed by atoms with E-state index in [1.54, 1.807) is 0 Å². The summed E-state index contributed by atoms with van der Waals surface area (Å²) in [7, 11) is 0. The molecule has 2 rings (SSSR count). The van der Waals surface area contributed by atoms with Gasteiger partial charge in [0, 0.05) is 3.57 Å². The fraction of sp³-hybridized carbons (Fsp3) is 0. The molecule has 0 unspecified atom stereocenters. The van der Waals surface area contributed by atoms with E-state index in [4.69, 9.17) is 28.9 Å². The normalized spacial score (nSPS) is 10.3. The van der Waals surface area contributed by atoms with E-state index in [0.29, 0.717) is 22.2 Å². The van der Waals surface area contributed by atoms with Crippen molar-refractivity contribution >= 4 is 63.0 Å². The summed E-state index contributed by atoms with van der Waals surface area (Å²) < 4.78 is 1.05. The molecular formula is C10H7Cl2IN4. The molecule has 0 radical (unpaired) electrons. The van der Waals surface area contributed by atoms with Crippen molar-refractivity contribution in [1.82, 2.24) is 9.97 Å². The Morgan fingerprint density at radius 2 is 2.00 bits per heavy atom. The summed E-state index contributed by atoms with van der Waals surface area (Å²) >= 11 is 14.1. The number of benzene rings is 1. The van der Waals surface area contributed by atoms with Crippen molar-refractivity contribution in [1.29, 1.82) is 0 Å². The second-order valence-electron chi connectivity index (χ2n) is 3.18. The van der Waals surface area contributed by atoms with Crippen LogP contribution in [0.5, 0.6) is 0 Å². The molecule has 1 heterocycles. The Balaban J connectivity index is 2.35. The molecule has 1 aromatic heterocycles. The fourth-order valence-electron chi connectivity index (χ4n) is 1.19. The number of hydrogen-bond acceptors (Lipinski definition) is 4. The molecule has 0 saturated carbocycles. The summed E-state index contributed by atoms with van der Waals surface area (Å²) in [6.07, 6.45) is 1.33. The van der Waals surface area contributed by atoms with E-state index in [0.717, 1.165) is 3.57 Å². The standard InChI is InChI=1S/C10H7Cl2IN4/c11-6-3-5(13)1-2-7(6)17-10-8(14)9(12)15-4-16-10/h1-4H,14H2,(H,15,16,17). The van der Waals surface area contributed by atoms with Crippen LogP contribution in [0.3, 0.4) is 0 Å². The number of halogens is 3. The molecule has 1 aromatic carbocycles. The molecule has 7 heteroatoms. The molecule has 2 aromatic rings. The maximum Gasteiger partial charge on any atom is 0.158 e. The Kier molecular flexibility index (Phi) is 3.90. The van der Waals surface area contributed by atoms with E-state index in [9.17, 15) is 0 Å². The Morgan fingerprint density at radius 1 is 1.24 bits per heavy atom. The van der Waals surface area contributed by atoms with E-state index < -0.39 is 0 Å². The average Bonchev–Trinajstić information content (AvgIpc) is 2.28. The summed E-state index contributed by atoms with van der Waals surface area (Å²) in [4.78, 5) is 7.78. The first-order chi connectivity index (χ1) is 8.08. The van der Waals surface area contributed by atoms with Crippen LogP contribution in [0.15, 0.2) is 24.5 Å². The van der Waals surface area contributed by atoms with E-state index in [-0.39, 0.29) is 5.15 Å². The zero-order valence-electron chi connectivity index (χ0n) is 8.42. The summed E-state index contributed by atoms with van der Waals surface area (Å²) in [6, 6.07) is 5.61. The Morgan fingerprint density at radius 3 is 2.71 bits per heavy atom. The van der Waals surface area contributed by atoms with Crippen LogP contribution in [0.25, 0.3) is 0 Å². The third-order valence-electron chi connectivity index (χ3n) is 2.02. The van der Waals surface area contributed by atoms with Gasteiger partial charge in [0.25, 0.3) is 0 Å². The van der Waals surface area contributed by atoms with Gasteiger partial charge in [0.05, 0.1) is 10.7 Å². The highest BCUT2D eigenvalue weighted by Gasteiger charge is 2.08. The van der Waals surface area contributed by atoms with Gasteiger partial charge in [0.2, 0.25) is 0 Å². The van der Waals surface area contributed by atoms with Crippen molar-refractivity contribution < 1.29 is 0 Å². The zero-order valence-corrected chi connectivity index (χ0v) is 12.1. The highest BCUT2D eigenvalue weighted by Crippen LogP contribution is 2.30. The Bertz CT molecular complexity index is 562. The highest BCUT2D eigenvalue weighted by molar-refractivity contribution is 14.1. The summed E-state index contributed by atoms with van der Waals surface area (Å²) in [5.41, 5.74) is 6.76. The largest absolute Gasteiger partial charge is 0.393 e. The number of anilines is 3. The Labute approximate surface area is 122 Å². The van der Waals surface area contributed by atoms with Crippen molar-refractivity contribution in [3.63, 3.8) is 0 Å². The number of nitrogens with two attached hydrogens (primary N) is 1. The fourth-order valence-corrected chi connectivity index (χ4v) is 2.23. The lowest BCUT2D eigenvalue weighted by Crippen LogP contribution is -2.01. The Hall–Kier alpha value is -0.790. The van der Waals surface area contributed by atoms with E-state index >= 15 is 0 Å². The van der Waals surface area contributed by atoms with Crippen molar-refractivity contribution in [3.05, 3.63) is 38.3 Å². The molecule has 0 aliphatic carbocycles. The van der Waals surface area contributed by atoms with Crippen LogP contribution < -0.4 is 11.1 Å². The number of aromatic nitrogens is 2. The molecule has 17 heavy (non-hydrogen) atoms. The first kappa shape index (κ1) is 12.7. The molecule has 0 fully saturated rings. The number of hydrogen-bond donors (Lipinski definition) is 2. The first-order valence-corrected chi connectivity index (χ1v) is 6.39. The van der Waals surface area contributed by atoms with Gasteiger partial charge in [-0.05, 0) is 40.8 Å². The summed E-state index contributed by atoms with van der Waals surface area (Å²) in [6.45, 7) is 0. The third-order valence-corrected chi connectivity index (χ3v) is 3.30. The summed E-state index contributed by atoms with van der Waals surface area (Å²) in [5, 5.41) is 3.81. The maximum absolute atomic E-state index is 6.09. The van der Waals surface area contributed by atoms with Gasteiger partial charge in [0.15, 0.2) is 11.0 Å². The molecule has 0 aliphatic heterocycles. The van der Waals surface area contributed by atoms with E-state index in [2.05, 4.69) is 37.9 Å². The van der Waals surface area contributed by atoms with Crippen LogP contribution in [-0.4, -0.2) is 9.97 Å². The van der Waals surface area contributed by atoms with Crippen molar-refractivity contribution in [2.75, 3.05) is 11.1 Å². The monoisotopic (exact) mass is 380 g/mol. The van der Waals surface area contributed by atoms with E-state index in [1.807, 2.05) is 18.2 Å². The first-order valence-electron chi connectivity index (χ1n) is 4.56. The molecule has 0 saturated heterocycles. The maximum atomic E-state index is 6.09. The van der Waals surface area contributed by atoms with Crippen molar-refractivity contribution in [2.24, 2.45) is 0 Å². The van der Waals surface area contributed by atoms with Crippen LogP contribution in [-0.2, 0) is 0 Å². The van der Waals surface area contributed by atoms with Gasteiger partial charge in [0.1, 0.15) is 12.0 Å². The molecule has 3 N–H and O–H groups in total.